The van der Waals surface area contributed by atoms with Gasteiger partial charge in [-0.1, -0.05) is 11.5 Å². The van der Waals surface area contributed by atoms with Crippen molar-refractivity contribution in [1.82, 2.24) is 19.7 Å². The summed E-state index contributed by atoms with van der Waals surface area (Å²) in [6.45, 7) is 7.15. The number of aryl methyl sites for hydroxylation is 1. The smallest absolute Gasteiger partial charge is 0.436 e. The first-order valence-electron chi connectivity index (χ1n) is 6.15. The molecule has 2 radical (unpaired) electrons. The highest BCUT2D eigenvalue weighted by Crippen LogP contribution is 2.12. The summed E-state index contributed by atoms with van der Waals surface area (Å²) in [6, 6.07) is 3.43. The van der Waals surface area contributed by atoms with Crippen LogP contribution in [0.1, 0.15) is 26.5 Å². The fourth-order valence-corrected chi connectivity index (χ4v) is 1.47. The lowest BCUT2D eigenvalue weighted by Gasteiger charge is -2.18. The summed E-state index contributed by atoms with van der Waals surface area (Å²) in [5, 5.41) is 4.06. The summed E-state index contributed by atoms with van der Waals surface area (Å²) in [6.07, 6.45) is 0.722. The Morgan fingerprint density at radius 2 is 2.05 bits per heavy atom. The molecule has 0 bridgehead atoms. The molecule has 0 amide bonds. The Morgan fingerprint density at radius 1 is 1.35 bits per heavy atom. The molecule has 2 aromatic rings. The number of carbonyl (C=O) groups is 1. The highest BCUT2D eigenvalue weighted by Gasteiger charge is 2.19. The lowest BCUT2D eigenvalue weighted by molar-refractivity contribution is 0.0514. The molecule has 0 saturated heterocycles. The Morgan fingerprint density at radius 3 is 2.65 bits per heavy atom. The van der Waals surface area contributed by atoms with Crippen LogP contribution in [0.2, 0.25) is 0 Å². The number of hydrogen-bond donors (Lipinski definition) is 0. The van der Waals surface area contributed by atoms with E-state index < -0.39 is 11.7 Å². The van der Waals surface area contributed by atoms with Gasteiger partial charge in [0.1, 0.15) is 25.5 Å². The second-order valence-electron chi connectivity index (χ2n) is 5.36. The van der Waals surface area contributed by atoms with Crippen LogP contribution in [0.25, 0.3) is 11.5 Å². The van der Waals surface area contributed by atoms with Crippen LogP contribution in [0, 0.1) is 6.92 Å². The third-order valence-electron chi connectivity index (χ3n) is 2.43. The van der Waals surface area contributed by atoms with Crippen molar-refractivity contribution >= 4 is 19.4 Å². The Kier molecular flexibility index (Phi) is 3.61. The Labute approximate surface area is 118 Å². The average Bonchev–Trinajstić information content (AvgIpc) is 2.80. The number of rotatable bonds is 1. The molecule has 0 spiro atoms. The molecule has 0 aliphatic rings. The minimum absolute atomic E-state index is 0.346. The molecule has 0 aliphatic carbocycles. The minimum atomic E-state index is -0.584. The summed E-state index contributed by atoms with van der Waals surface area (Å²) in [7, 11) is 5.71. The molecule has 7 heteroatoms. The van der Waals surface area contributed by atoms with E-state index in [1.807, 2.05) is 0 Å². The van der Waals surface area contributed by atoms with E-state index in [2.05, 4.69) is 15.1 Å². The maximum absolute atomic E-state index is 11.8. The van der Waals surface area contributed by atoms with Crippen molar-refractivity contribution < 1.29 is 9.53 Å². The van der Waals surface area contributed by atoms with Crippen LogP contribution in [0.5, 0.6) is 0 Å². The quantitative estimate of drug-likeness (QED) is 0.729. The number of pyridine rings is 1. The van der Waals surface area contributed by atoms with Crippen LogP contribution in [-0.4, -0.2) is 39.3 Å². The first-order chi connectivity index (χ1) is 9.26. The molecule has 20 heavy (non-hydrogen) atoms. The van der Waals surface area contributed by atoms with E-state index in [4.69, 9.17) is 12.6 Å². The van der Waals surface area contributed by atoms with Crippen LogP contribution in [-0.2, 0) is 4.74 Å². The van der Waals surface area contributed by atoms with E-state index in [9.17, 15) is 4.79 Å². The molecule has 6 nitrogen and oxygen atoms in total. The number of ether oxygens (including phenoxy) is 1. The van der Waals surface area contributed by atoms with E-state index in [1.165, 1.54) is 6.33 Å². The van der Waals surface area contributed by atoms with Gasteiger partial charge in [-0.3, -0.25) is 4.98 Å². The van der Waals surface area contributed by atoms with Crippen LogP contribution < -0.4 is 5.46 Å². The van der Waals surface area contributed by atoms with Gasteiger partial charge in [-0.05, 0) is 33.8 Å². The molecule has 0 aromatic carbocycles. The zero-order chi connectivity index (χ0) is 14.9. The summed E-state index contributed by atoms with van der Waals surface area (Å²) < 4.78 is 6.25. The van der Waals surface area contributed by atoms with Gasteiger partial charge in [0.2, 0.25) is 0 Å². The monoisotopic (exact) mass is 270 g/mol. The van der Waals surface area contributed by atoms with Crippen LogP contribution >= 0.6 is 0 Å². The summed E-state index contributed by atoms with van der Waals surface area (Å²) in [5.41, 5.74) is 1.26. The molecule has 2 heterocycles. The third kappa shape index (κ3) is 3.23. The highest BCUT2D eigenvalue weighted by molar-refractivity contribution is 6.33. The zero-order valence-electron chi connectivity index (χ0n) is 11.9. The van der Waals surface area contributed by atoms with Crippen molar-refractivity contribution in [3.8, 4) is 11.5 Å². The standard InChI is InChI=1S/C13H15BN4O2/c1-8-9(14)5-6-10(16-8)11-15-7-18(17-11)12(19)20-13(2,3)4/h5-7H,1-4H3. The van der Waals surface area contributed by atoms with Crippen LogP contribution in [0.4, 0.5) is 4.79 Å². The van der Waals surface area contributed by atoms with Gasteiger partial charge < -0.3 is 4.74 Å². The molecule has 0 unspecified atom stereocenters. The van der Waals surface area contributed by atoms with Gasteiger partial charge in [-0.25, -0.2) is 9.78 Å². The van der Waals surface area contributed by atoms with Crippen molar-refractivity contribution in [1.29, 1.82) is 0 Å². The summed E-state index contributed by atoms with van der Waals surface area (Å²) in [5.74, 6) is 0.346. The van der Waals surface area contributed by atoms with Crippen molar-refractivity contribution in [2.75, 3.05) is 0 Å². The van der Waals surface area contributed by atoms with Crippen molar-refractivity contribution in [2.24, 2.45) is 0 Å². The first kappa shape index (κ1) is 14.2. The van der Waals surface area contributed by atoms with E-state index in [0.29, 0.717) is 22.7 Å². The highest BCUT2D eigenvalue weighted by atomic mass is 16.6. The van der Waals surface area contributed by atoms with Gasteiger partial charge in [0.25, 0.3) is 0 Å². The number of nitrogens with zero attached hydrogens (tertiary/aromatic N) is 4. The minimum Gasteiger partial charge on any atom is -0.442 e. The zero-order valence-corrected chi connectivity index (χ0v) is 11.9. The Hall–Kier alpha value is -2.18. The molecule has 0 saturated carbocycles. The maximum atomic E-state index is 11.8. The predicted octanol–water partition coefficient (Wildman–Crippen LogP) is 1.23. The molecular formula is C13H15BN4O2. The normalized spacial score (nSPS) is 11.4. The first-order valence-corrected chi connectivity index (χ1v) is 6.15. The molecule has 0 atom stereocenters. The van der Waals surface area contributed by atoms with Gasteiger partial charge >= 0.3 is 6.09 Å². The maximum Gasteiger partial charge on any atom is 0.436 e. The molecular weight excluding hydrogens is 255 g/mol. The second-order valence-corrected chi connectivity index (χ2v) is 5.36. The van der Waals surface area contributed by atoms with Gasteiger partial charge in [0.15, 0.2) is 5.82 Å². The van der Waals surface area contributed by atoms with Crippen molar-refractivity contribution in [3.05, 3.63) is 24.2 Å². The molecule has 2 rings (SSSR count). The Bertz CT molecular complexity index is 646. The Balaban J connectivity index is 2.24. The fourth-order valence-electron chi connectivity index (χ4n) is 1.47. The van der Waals surface area contributed by atoms with Crippen LogP contribution in [0.15, 0.2) is 18.5 Å². The van der Waals surface area contributed by atoms with E-state index >= 15 is 0 Å². The van der Waals surface area contributed by atoms with Gasteiger partial charge in [-0.2, -0.15) is 4.68 Å². The van der Waals surface area contributed by atoms with Crippen LogP contribution in [0.3, 0.4) is 0 Å². The number of hydrogen-bond acceptors (Lipinski definition) is 5. The second kappa shape index (κ2) is 5.07. The SMILES string of the molecule is [B]c1ccc(-c2ncn(C(=O)OC(C)(C)C)n2)nc1C. The molecule has 102 valence electrons. The number of aromatic nitrogens is 4. The topological polar surface area (TPSA) is 69.9 Å². The van der Waals surface area contributed by atoms with E-state index in [-0.39, 0.29) is 0 Å². The predicted molar refractivity (Wildman–Crippen MR) is 75.0 cm³/mol. The molecule has 0 aliphatic heterocycles. The molecule has 0 fully saturated rings. The van der Waals surface area contributed by atoms with E-state index in [0.717, 1.165) is 4.68 Å². The number of carbonyl (C=O) groups excluding carboxylic acids is 1. The summed E-state index contributed by atoms with van der Waals surface area (Å²) in [4.78, 5) is 20.2. The largest absolute Gasteiger partial charge is 0.442 e. The van der Waals surface area contributed by atoms with Gasteiger partial charge in [-0.15, -0.1) is 5.10 Å². The molecule has 0 N–H and O–H groups in total. The van der Waals surface area contributed by atoms with Crippen molar-refractivity contribution in [3.63, 3.8) is 0 Å². The average molecular weight is 270 g/mol. The molecule has 2 aromatic heterocycles. The fraction of sp³-hybridized carbons (Fsp3) is 0.385. The van der Waals surface area contributed by atoms with Crippen molar-refractivity contribution in [2.45, 2.75) is 33.3 Å². The lowest BCUT2D eigenvalue weighted by Crippen LogP contribution is -2.27. The third-order valence-corrected chi connectivity index (χ3v) is 2.43. The van der Waals surface area contributed by atoms with Gasteiger partial charge in [0.05, 0.1) is 0 Å². The van der Waals surface area contributed by atoms with Gasteiger partial charge in [0, 0.05) is 5.69 Å². The van der Waals surface area contributed by atoms with E-state index in [1.54, 1.807) is 39.8 Å². The lowest BCUT2D eigenvalue weighted by atomic mass is 9.94. The summed E-state index contributed by atoms with van der Waals surface area (Å²) >= 11 is 0.